The van der Waals surface area contributed by atoms with E-state index < -0.39 is 0 Å². The number of rotatable bonds is 2. The van der Waals surface area contributed by atoms with Crippen molar-refractivity contribution >= 4 is 17.5 Å². The highest BCUT2D eigenvalue weighted by molar-refractivity contribution is 6.30. The molecule has 0 aliphatic heterocycles. The highest BCUT2D eigenvalue weighted by Gasteiger charge is 2.35. The molecule has 1 aliphatic carbocycles. The number of nitrogens with one attached hydrogen (secondary N) is 1. The van der Waals surface area contributed by atoms with E-state index in [0.717, 1.165) is 6.42 Å². The van der Waals surface area contributed by atoms with Gasteiger partial charge >= 0.3 is 0 Å². The van der Waals surface area contributed by atoms with E-state index in [4.69, 9.17) is 17.3 Å². The summed E-state index contributed by atoms with van der Waals surface area (Å²) < 4.78 is 0. The number of carbonyl (C=O) groups is 1. The van der Waals surface area contributed by atoms with Crippen molar-refractivity contribution in [2.45, 2.75) is 18.5 Å². The first kappa shape index (κ1) is 9.43. The van der Waals surface area contributed by atoms with Crippen LogP contribution in [-0.2, 0) is 0 Å². The zero-order valence-corrected chi connectivity index (χ0v) is 8.16. The van der Waals surface area contributed by atoms with Crippen molar-refractivity contribution in [2.24, 2.45) is 5.73 Å². The van der Waals surface area contributed by atoms with Gasteiger partial charge in [0.1, 0.15) is 5.69 Å². The van der Waals surface area contributed by atoms with Crippen molar-refractivity contribution in [3.05, 3.63) is 29.0 Å². The maximum atomic E-state index is 11.5. The largest absolute Gasteiger partial charge is 0.346 e. The number of pyridine rings is 1. The molecule has 5 heteroatoms. The van der Waals surface area contributed by atoms with Crippen LogP contribution in [0.2, 0.25) is 5.02 Å². The van der Waals surface area contributed by atoms with Crippen LogP contribution in [-0.4, -0.2) is 23.0 Å². The Morgan fingerprint density at radius 1 is 1.64 bits per heavy atom. The van der Waals surface area contributed by atoms with Crippen molar-refractivity contribution in [3.63, 3.8) is 0 Å². The number of amides is 1. The predicted octanol–water partition coefficient (Wildman–Crippen LogP) is 0.564. The van der Waals surface area contributed by atoms with Gasteiger partial charge in [0.15, 0.2) is 0 Å². The lowest BCUT2D eigenvalue weighted by Gasteiger charge is -2.02. The maximum Gasteiger partial charge on any atom is 0.270 e. The molecule has 4 nitrogen and oxygen atoms in total. The summed E-state index contributed by atoms with van der Waals surface area (Å²) in [7, 11) is 0. The molecule has 3 N–H and O–H groups in total. The molecule has 14 heavy (non-hydrogen) atoms. The van der Waals surface area contributed by atoms with Crippen molar-refractivity contribution in [1.29, 1.82) is 0 Å². The fraction of sp³-hybridized carbons (Fsp3) is 0.333. The second-order valence-electron chi connectivity index (χ2n) is 3.34. The fourth-order valence-electron chi connectivity index (χ4n) is 1.13. The predicted molar refractivity (Wildman–Crippen MR) is 53.1 cm³/mol. The highest BCUT2D eigenvalue weighted by Crippen LogP contribution is 2.18. The normalized spacial score (nSPS) is 24.4. The van der Waals surface area contributed by atoms with Gasteiger partial charge in [-0.2, -0.15) is 0 Å². The average Bonchev–Trinajstić information content (AvgIpc) is 2.82. The van der Waals surface area contributed by atoms with E-state index >= 15 is 0 Å². The third-order valence-electron chi connectivity index (χ3n) is 2.12. The van der Waals surface area contributed by atoms with E-state index in [1.165, 1.54) is 6.20 Å². The topological polar surface area (TPSA) is 68.0 Å². The Hall–Kier alpha value is -1.13. The van der Waals surface area contributed by atoms with E-state index in [0.29, 0.717) is 10.7 Å². The molecule has 1 fully saturated rings. The monoisotopic (exact) mass is 211 g/mol. The molecule has 0 bridgehead atoms. The average molecular weight is 212 g/mol. The van der Waals surface area contributed by atoms with Crippen LogP contribution in [0.3, 0.4) is 0 Å². The first-order valence-corrected chi connectivity index (χ1v) is 4.72. The molecule has 1 amide bonds. The molecule has 0 radical (unpaired) electrons. The van der Waals surface area contributed by atoms with Crippen LogP contribution in [0, 0.1) is 0 Å². The summed E-state index contributed by atoms with van der Waals surface area (Å²) in [5.74, 6) is -0.195. The molecular formula is C9H10ClN3O. The molecule has 1 saturated carbocycles. The molecule has 2 unspecified atom stereocenters. The molecule has 0 aromatic carbocycles. The van der Waals surface area contributed by atoms with Crippen LogP contribution in [0.15, 0.2) is 18.3 Å². The van der Waals surface area contributed by atoms with Crippen LogP contribution >= 0.6 is 11.6 Å². The summed E-state index contributed by atoms with van der Waals surface area (Å²) in [6, 6.07) is 3.44. The Morgan fingerprint density at radius 2 is 2.36 bits per heavy atom. The minimum Gasteiger partial charge on any atom is -0.346 e. The number of nitrogens with two attached hydrogens (primary N) is 1. The molecule has 2 rings (SSSR count). The minimum atomic E-state index is -0.195. The van der Waals surface area contributed by atoms with Crippen molar-refractivity contribution in [3.8, 4) is 0 Å². The Labute approximate surface area is 86.5 Å². The standard InChI is InChI=1S/C9H10ClN3O/c10-5-1-2-7(12-4-5)9(14)13-8-3-6(8)11/h1-2,4,6,8H,3,11H2,(H,13,14). The molecular weight excluding hydrogens is 202 g/mol. The van der Waals surface area contributed by atoms with Gasteiger partial charge in [0.05, 0.1) is 5.02 Å². The molecule has 0 saturated heterocycles. The zero-order chi connectivity index (χ0) is 10.1. The zero-order valence-electron chi connectivity index (χ0n) is 7.40. The van der Waals surface area contributed by atoms with E-state index in [-0.39, 0.29) is 18.0 Å². The summed E-state index contributed by atoms with van der Waals surface area (Å²) in [5, 5.41) is 3.29. The van der Waals surface area contributed by atoms with Gasteiger partial charge in [-0.25, -0.2) is 4.98 Å². The van der Waals surface area contributed by atoms with E-state index in [2.05, 4.69) is 10.3 Å². The van der Waals surface area contributed by atoms with Gasteiger partial charge < -0.3 is 11.1 Å². The number of carbonyl (C=O) groups excluding carboxylic acids is 1. The summed E-state index contributed by atoms with van der Waals surface area (Å²) in [4.78, 5) is 15.4. The summed E-state index contributed by atoms with van der Waals surface area (Å²) in [6.45, 7) is 0. The van der Waals surface area contributed by atoms with Crippen LogP contribution in [0.4, 0.5) is 0 Å². The SMILES string of the molecule is NC1CC1NC(=O)c1ccc(Cl)cn1. The van der Waals surface area contributed by atoms with E-state index in [1.807, 2.05) is 0 Å². The summed E-state index contributed by atoms with van der Waals surface area (Å²) in [6.07, 6.45) is 2.29. The molecule has 2 atom stereocenters. The first-order chi connectivity index (χ1) is 6.66. The molecule has 74 valence electrons. The third-order valence-corrected chi connectivity index (χ3v) is 2.34. The van der Waals surface area contributed by atoms with Crippen LogP contribution in [0.1, 0.15) is 16.9 Å². The van der Waals surface area contributed by atoms with Gasteiger partial charge in [0.25, 0.3) is 5.91 Å². The first-order valence-electron chi connectivity index (χ1n) is 4.35. The smallest absolute Gasteiger partial charge is 0.270 e. The quantitative estimate of drug-likeness (QED) is 0.752. The van der Waals surface area contributed by atoms with Crippen molar-refractivity contribution < 1.29 is 4.79 Å². The van der Waals surface area contributed by atoms with E-state index in [9.17, 15) is 4.79 Å². The Bertz CT molecular complexity index is 352. The highest BCUT2D eigenvalue weighted by atomic mass is 35.5. The lowest BCUT2D eigenvalue weighted by molar-refractivity contribution is 0.0945. The fourth-order valence-corrected chi connectivity index (χ4v) is 1.24. The third kappa shape index (κ3) is 2.02. The van der Waals surface area contributed by atoms with Gasteiger partial charge in [0.2, 0.25) is 0 Å². The van der Waals surface area contributed by atoms with Crippen LogP contribution in [0.25, 0.3) is 0 Å². The van der Waals surface area contributed by atoms with Gasteiger partial charge in [-0.3, -0.25) is 4.79 Å². The number of nitrogens with zero attached hydrogens (tertiary/aromatic N) is 1. The Balaban J connectivity index is 2.00. The maximum absolute atomic E-state index is 11.5. The van der Waals surface area contributed by atoms with Gasteiger partial charge in [0, 0.05) is 18.3 Å². The molecule has 1 aliphatic rings. The van der Waals surface area contributed by atoms with Gasteiger partial charge in [-0.05, 0) is 18.6 Å². The number of hydrogen-bond acceptors (Lipinski definition) is 3. The molecule has 0 spiro atoms. The molecule has 1 heterocycles. The lowest BCUT2D eigenvalue weighted by Crippen LogP contribution is -2.30. The summed E-state index contributed by atoms with van der Waals surface area (Å²) >= 11 is 5.64. The van der Waals surface area contributed by atoms with Gasteiger partial charge in [-0.15, -0.1) is 0 Å². The number of hydrogen-bond donors (Lipinski definition) is 2. The van der Waals surface area contributed by atoms with Crippen LogP contribution in [0.5, 0.6) is 0 Å². The van der Waals surface area contributed by atoms with Crippen molar-refractivity contribution in [2.75, 3.05) is 0 Å². The molecule has 1 aromatic heterocycles. The lowest BCUT2D eigenvalue weighted by atomic mass is 10.3. The second-order valence-corrected chi connectivity index (χ2v) is 3.78. The second kappa shape index (κ2) is 3.55. The van der Waals surface area contributed by atoms with Crippen LogP contribution < -0.4 is 11.1 Å². The van der Waals surface area contributed by atoms with Crippen molar-refractivity contribution in [1.82, 2.24) is 10.3 Å². The Kier molecular flexibility index (Phi) is 2.39. The Morgan fingerprint density at radius 3 is 2.86 bits per heavy atom. The minimum absolute atomic E-state index is 0.103. The van der Waals surface area contributed by atoms with E-state index in [1.54, 1.807) is 12.1 Å². The number of aromatic nitrogens is 1. The number of halogens is 1. The van der Waals surface area contributed by atoms with Gasteiger partial charge in [-0.1, -0.05) is 11.6 Å². The summed E-state index contributed by atoms with van der Waals surface area (Å²) in [5.41, 5.74) is 5.93. The molecule has 1 aromatic rings.